The molecule has 2 N–H and O–H groups in total. The first-order valence-electron chi connectivity index (χ1n) is 5.74. The maximum absolute atomic E-state index is 12.2. The van der Waals surface area contributed by atoms with Gasteiger partial charge in [-0.05, 0) is 6.07 Å². The topological polar surface area (TPSA) is 79.8 Å². The second-order valence-electron chi connectivity index (χ2n) is 4.35. The third-order valence-corrected chi connectivity index (χ3v) is 4.43. The van der Waals surface area contributed by atoms with Crippen LogP contribution in [0.3, 0.4) is 0 Å². The van der Waals surface area contributed by atoms with Crippen molar-refractivity contribution in [1.82, 2.24) is 14.5 Å². The number of sulfonamides is 1. The van der Waals surface area contributed by atoms with Crippen molar-refractivity contribution in [2.24, 2.45) is 7.05 Å². The molecule has 0 amide bonds. The molecule has 1 aromatic carbocycles. The molecule has 3 aromatic rings. The van der Waals surface area contributed by atoms with Crippen LogP contribution < -0.4 is 4.72 Å². The summed E-state index contributed by atoms with van der Waals surface area (Å²) in [6, 6.07) is 5.21. The molecule has 6 nitrogen and oxygen atoms in total. The Labute approximate surface area is 120 Å². The van der Waals surface area contributed by atoms with Gasteiger partial charge < -0.3 is 9.55 Å². The molecule has 20 heavy (non-hydrogen) atoms. The van der Waals surface area contributed by atoms with E-state index >= 15 is 0 Å². The fourth-order valence-corrected chi connectivity index (χ4v) is 3.20. The van der Waals surface area contributed by atoms with E-state index in [9.17, 15) is 8.42 Å². The number of halogens is 1. The largest absolute Gasteiger partial charge is 0.358 e. The summed E-state index contributed by atoms with van der Waals surface area (Å²) in [5.74, 6) is 0. The van der Waals surface area contributed by atoms with E-state index in [1.165, 1.54) is 12.5 Å². The highest BCUT2D eigenvalue weighted by Crippen LogP contribution is 2.29. The summed E-state index contributed by atoms with van der Waals surface area (Å²) in [5.41, 5.74) is 1.07. The highest BCUT2D eigenvalue weighted by Gasteiger charge is 2.18. The Morgan fingerprint density at radius 3 is 2.90 bits per heavy atom. The highest BCUT2D eigenvalue weighted by atomic mass is 35.5. The summed E-state index contributed by atoms with van der Waals surface area (Å²) in [6.07, 6.45) is 4.48. The number of aromatic amines is 1. The van der Waals surface area contributed by atoms with E-state index in [4.69, 9.17) is 11.6 Å². The fraction of sp³-hybridized carbons (Fsp3) is 0.0833. The molecule has 0 aliphatic heterocycles. The number of imidazole rings is 1. The second kappa shape index (κ2) is 4.53. The summed E-state index contributed by atoms with van der Waals surface area (Å²) in [5, 5.41) is 1.27. The predicted octanol–water partition coefficient (Wildman–Crippen LogP) is 2.36. The molecule has 0 atom stereocenters. The zero-order valence-corrected chi connectivity index (χ0v) is 12.0. The third-order valence-electron chi connectivity index (χ3n) is 2.87. The van der Waals surface area contributed by atoms with Gasteiger partial charge in [0.05, 0.1) is 22.6 Å². The Hall–Kier alpha value is -1.99. The Kier molecular flexibility index (Phi) is 2.95. The Balaban J connectivity index is 2.05. The number of nitrogens with zero attached hydrogens (tertiary/aromatic N) is 2. The summed E-state index contributed by atoms with van der Waals surface area (Å²) in [6.45, 7) is 0. The van der Waals surface area contributed by atoms with Gasteiger partial charge in [0.1, 0.15) is 0 Å². The lowest BCUT2D eigenvalue weighted by atomic mass is 10.2. The van der Waals surface area contributed by atoms with Gasteiger partial charge in [-0.25, -0.2) is 4.98 Å². The zero-order valence-electron chi connectivity index (χ0n) is 10.5. The van der Waals surface area contributed by atoms with Crippen molar-refractivity contribution >= 4 is 38.2 Å². The van der Waals surface area contributed by atoms with Gasteiger partial charge >= 0.3 is 0 Å². The van der Waals surface area contributed by atoms with Gasteiger partial charge in [-0.1, -0.05) is 23.7 Å². The molecule has 0 bridgehead atoms. The molecule has 0 aliphatic rings. The van der Waals surface area contributed by atoms with Crippen molar-refractivity contribution in [2.45, 2.75) is 5.03 Å². The van der Waals surface area contributed by atoms with Crippen LogP contribution in [0.4, 0.5) is 5.69 Å². The van der Waals surface area contributed by atoms with Crippen molar-refractivity contribution in [1.29, 1.82) is 0 Å². The number of anilines is 1. The van der Waals surface area contributed by atoms with Crippen LogP contribution in [0.25, 0.3) is 10.9 Å². The summed E-state index contributed by atoms with van der Waals surface area (Å²) in [4.78, 5) is 6.80. The first-order valence-corrected chi connectivity index (χ1v) is 7.60. The highest BCUT2D eigenvalue weighted by molar-refractivity contribution is 7.92. The molecule has 0 spiro atoms. The first-order chi connectivity index (χ1) is 9.47. The van der Waals surface area contributed by atoms with E-state index in [2.05, 4.69) is 14.7 Å². The number of fused-ring (bicyclic) bond motifs is 1. The van der Waals surface area contributed by atoms with Crippen LogP contribution in [0.1, 0.15) is 0 Å². The van der Waals surface area contributed by atoms with Gasteiger partial charge in [0.15, 0.2) is 5.03 Å². The number of hydrogen-bond acceptors (Lipinski definition) is 3. The predicted molar refractivity (Wildman–Crippen MR) is 77.3 cm³/mol. The number of rotatable bonds is 3. The van der Waals surface area contributed by atoms with E-state index in [0.717, 1.165) is 5.39 Å². The monoisotopic (exact) mass is 310 g/mol. The standard InChI is InChI=1S/C12H11ClN4O2S/c1-17-6-11(15-7-17)20(18,19)16-10-4-2-3-8-9(13)5-14-12(8)10/h2-7,14,16H,1H3. The van der Waals surface area contributed by atoms with Gasteiger partial charge in [0, 0.05) is 24.8 Å². The van der Waals surface area contributed by atoms with Crippen LogP contribution in [0.2, 0.25) is 5.02 Å². The molecule has 8 heteroatoms. The van der Waals surface area contributed by atoms with Gasteiger partial charge in [-0.3, -0.25) is 4.72 Å². The summed E-state index contributed by atoms with van der Waals surface area (Å²) in [7, 11) is -2.01. The summed E-state index contributed by atoms with van der Waals surface area (Å²) < 4.78 is 28.5. The molecular weight excluding hydrogens is 300 g/mol. The molecule has 2 heterocycles. The van der Waals surface area contributed by atoms with E-state index in [0.29, 0.717) is 16.2 Å². The Morgan fingerprint density at radius 1 is 1.40 bits per heavy atom. The normalized spacial score (nSPS) is 11.9. The minimum Gasteiger partial charge on any atom is -0.358 e. The number of benzene rings is 1. The van der Waals surface area contributed by atoms with Crippen molar-refractivity contribution in [2.75, 3.05) is 4.72 Å². The molecule has 3 rings (SSSR count). The Morgan fingerprint density at radius 2 is 2.20 bits per heavy atom. The van der Waals surface area contributed by atoms with Crippen molar-refractivity contribution in [3.8, 4) is 0 Å². The molecular formula is C12H11ClN4O2S. The van der Waals surface area contributed by atoms with Crippen LogP contribution in [0, 0.1) is 0 Å². The van der Waals surface area contributed by atoms with Crippen molar-refractivity contribution in [3.63, 3.8) is 0 Å². The zero-order chi connectivity index (χ0) is 14.3. The van der Waals surface area contributed by atoms with Crippen LogP contribution in [0.5, 0.6) is 0 Å². The van der Waals surface area contributed by atoms with Crippen molar-refractivity contribution in [3.05, 3.63) is 41.9 Å². The van der Waals surface area contributed by atoms with Gasteiger partial charge in [-0.2, -0.15) is 8.42 Å². The molecule has 0 saturated carbocycles. The first kappa shape index (κ1) is 13.0. The maximum atomic E-state index is 12.2. The number of aryl methyl sites for hydroxylation is 1. The quantitative estimate of drug-likeness (QED) is 0.779. The molecule has 0 aliphatic carbocycles. The average molecular weight is 311 g/mol. The molecule has 104 valence electrons. The van der Waals surface area contributed by atoms with Crippen molar-refractivity contribution < 1.29 is 8.42 Å². The number of para-hydroxylation sites is 1. The SMILES string of the molecule is Cn1cnc(S(=O)(=O)Nc2cccc3c(Cl)c[nH]c23)c1. The lowest BCUT2D eigenvalue weighted by Crippen LogP contribution is -2.13. The van der Waals surface area contributed by atoms with Crippen LogP contribution in [-0.4, -0.2) is 23.0 Å². The molecule has 0 unspecified atom stereocenters. The lowest BCUT2D eigenvalue weighted by Gasteiger charge is -2.07. The van der Waals surface area contributed by atoms with E-state index < -0.39 is 10.0 Å². The van der Waals surface area contributed by atoms with Crippen LogP contribution in [0.15, 0.2) is 41.9 Å². The second-order valence-corrected chi connectivity index (χ2v) is 6.38. The minimum absolute atomic E-state index is 0.0327. The smallest absolute Gasteiger partial charge is 0.281 e. The van der Waals surface area contributed by atoms with Gasteiger partial charge in [0.2, 0.25) is 0 Å². The van der Waals surface area contributed by atoms with E-state index in [-0.39, 0.29) is 5.03 Å². The average Bonchev–Trinajstić information content (AvgIpc) is 2.98. The number of H-pyrrole nitrogens is 1. The summed E-state index contributed by atoms with van der Waals surface area (Å²) >= 11 is 6.01. The van der Waals surface area contributed by atoms with Crippen LogP contribution in [-0.2, 0) is 17.1 Å². The molecule has 2 aromatic heterocycles. The van der Waals surface area contributed by atoms with Crippen LogP contribution >= 0.6 is 11.6 Å². The third kappa shape index (κ3) is 2.14. The van der Waals surface area contributed by atoms with E-state index in [1.54, 1.807) is 29.9 Å². The number of nitrogens with one attached hydrogen (secondary N) is 2. The molecule has 0 fully saturated rings. The number of hydrogen-bond donors (Lipinski definition) is 2. The van der Waals surface area contributed by atoms with Gasteiger partial charge in [-0.15, -0.1) is 0 Å². The lowest BCUT2D eigenvalue weighted by molar-refractivity contribution is 0.598. The van der Waals surface area contributed by atoms with E-state index in [1.807, 2.05) is 6.07 Å². The Bertz CT molecular complexity index is 882. The minimum atomic E-state index is -3.72. The fourth-order valence-electron chi connectivity index (χ4n) is 1.93. The molecule has 0 radical (unpaired) electrons. The molecule has 0 saturated heterocycles. The number of aromatic nitrogens is 3. The maximum Gasteiger partial charge on any atom is 0.281 e. The van der Waals surface area contributed by atoms with Gasteiger partial charge in [0.25, 0.3) is 10.0 Å².